The summed E-state index contributed by atoms with van der Waals surface area (Å²) in [7, 11) is -4.02. The standard InChI is InChI=1S/C21H25Cl3N2O4S/c1-15(2)30-12-4-11-25-21(27)14-26(13-18-19(23)5-3-6-20(18)24)31(28,29)17-9-7-16(22)8-10-17/h3,5-10,15H,4,11-14H2,1-2H3,(H,25,27). The summed E-state index contributed by atoms with van der Waals surface area (Å²) < 4.78 is 33.0. The molecule has 0 atom stereocenters. The lowest BCUT2D eigenvalue weighted by molar-refractivity contribution is -0.121. The summed E-state index contributed by atoms with van der Waals surface area (Å²) in [5.74, 6) is -0.440. The molecule has 0 bridgehead atoms. The van der Waals surface area contributed by atoms with Crippen molar-refractivity contribution in [1.82, 2.24) is 9.62 Å². The van der Waals surface area contributed by atoms with Crippen LogP contribution in [-0.4, -0.2) is 44.4 Å². The zero-order valence-corrected chi connectivity index (χ0v) is 20.4. The molecule has 0 aromatic heterocycles. The first-order chi connectivity index (χ1) is 14.6. The van der Waals surface area contributed by atoms with Gasteiger partial charge in [0.05, 0.1) is 17.5 Å². The first kappa shape index (κ1) is 25.9. The molecule has 0 radical (unpaired) electrons. The number of rotatable bonds is 11. The molecule has 0 saturated carbocycles. The highest BCUT2D eigenvalue weighted by molar-refractivity contribution is 7.89. The quantitative estimate of drug-likeness (QED) is 0.445. The van der Waals surface area contributed by atoms with Gasteiger partial charge < -0.3 is 10.1 Å². The van der Waals surface area contributed by atoms with Crippen LogP contribution in [0.25, 0.3) is 0 Å². The second-order valence-electron chi connectivity index (χ2n) is 7.05. The normalized spacial score (nSPS) is 11.8. The molecule has 0 aliphatic carbocycles. The van der Waals surface area contributed by atoms with Crippen LogP contribution in [0.15, 0.2) is 47.4 Å². The third-order valence-electron chi connectivity index (χ3n) is 4.26. The number of ether oxygens (including phenoxy) is 1. The number of benzene rings is 2. The predicted molar refractivity (Wildman–Crippen MR) is 124 cm³/mol. The molecule has 1 N–H and O–H groups in total. The number of hydrogen-bond acceptors (Lipinski definition) is 4. The van der Waals surface area contributed by atoms with E-state index in [0.717, 1.165) is 4.31 Å². The fourth-order valence-corrected chi connectivity index (χ4v) is 4.68. The summed E-state index contributed by atoms with van der Waals surface area (Å²) in [4.78, 5) is 12.5. The number of nitrogens with zero attached hydrogens (tertiary/aromatic N) is 1. The maximum atomic E-state index is 13.3. The van der Waals surface area contributed by atoms with E-state index in [1.807, 2.05) is 13.8 Å². The van der Waals surface area contributed by atoms with E-state index >= 15 is 0 Å². The summed E-state index contributed by atoms with van der Waals surface area (Å²) in [6.45, 7) is 4.17. The van der Waals surface area contributed by atoms with Crippen LogP contribution >= 0.6 is 34.8 Å². The number of carbonyl (C=O) groups is 1. The number of amides is 1. The van der Waals surface area contributed by atoms with Gasteiger partial charge in [-0.1, -0.05) is 40.9 Å². The Bertz CT molecular complexity index is 962. The van der Waals surface area contributed by atoms with Crippen LogP contribution in [0.1, 0.15) is 25.8 Å². The van der Waals surface area contributed by atoms with Crippen molar-refractivity contribution in [2.45, 2.75) is 37.8 Å². The van der Waals surface area contributed by atoms with Crippen molar-refractivity contribution in [2.24, 2.45) is 0 Å². The van der Waals surface area contributed by atoms with E-state index in [2.05, 4.69) is 5.32 Å². The SMILES string of the molecule is CC(C)OCCCNC(=O)CN(Cc1c(Cl)cccc1Cl)S(=O)(=O)c1ccc(Cl)cc1. The van der Waals surface area contributed by atoms with Crippen LogP contribution in [0, 0.1) is 0 Å². The van der Waals surface area contributed by atoms with Crippen LogP contribution in [0.4, 0.5) is 0 Å². The van der Waals surface area contributed by atoms with Crippen LogP contribution in [-0.2, 0) is 26.1 Å². The Hall–Kier alpha value is -1.35. The van der Waals surface area contributed by atoms with E-state index in [1.54, 1.807) is 18.2 Å². The monoisotopic (exact) mass is 506 g/mol. The minimum absolute atomic E-state index is 0.0122. The van der Waals surface area contributed by atoms with E-state index < -0.39 is 22.5 Å². The van der Waals surface area contributed by atoms with Crippen molar-refractivity contribution < 1.29 is 17.9 Å². The van der Waals surface area contributed by atoms with E-state index in [0.29, 0.717) is 40.2 Å². The molecule has 31 heavy (non-hydrogen) atoms. The lowest BCUT2D eigenvalue weighted by Gasteiger charge is -2.23. The molecule has 2 aromatic carbocycles. The Morgan fingerprint density at radius 1 is 1.06 bits per heavy atom. The van der Waals surface area contributed by atoms with Crippen LogP contribution in [0.3, 0.4) is 0 Å². The molecule has 0 saturated heterocycles. The molecule has 170 valence electrons. The van der Waals surface area contributed by atoms with Gasteiger partial charge >= 0.3 is 0 Å². The number of sulfonamides is 1. The zero-order valence-electron chi connectivity index (χ0n) is 17.3. The second-order valence-corrected chi connectivity index (χ2v) is 10.2. The van der Waals surface area contributed by atoms with Gasteiger partial charge in [-0.2, -0.15) is 4.31 Å². The highest BCUT2D eigenvalue weighted by atomic mass is 35.5. The molecule has 0 fully saturated rings. The molecular weight excluding hydrogens is 483 g/mol. The van der Waals surface area contributed by atoms with Crippen molar-refractivity contribution in [1.29, 1.82) is 0 Å². The predicted octanol–water partition coefficient (Wildman–Crippen LogP) is 4.77. The first-order valence-electron chi connectivity index (χ1n) is 9.68. The Morgan fingerprint density at radius 2 is 1.68 bits per heavy atom. The van der Waals surface area contributed by atoms with Crippen LogP contribution in [0.2, 0.25) is 15.1 Å². The van der Waals surface area contributed by atoms with Crippen LogP contribution in [0.5, 0.6) is 0 Å². The minimum Gasteiger partial charge on any atom is -0.379 e. The molecular formula is C21H25Cl3N2O4S. The van der Waals surface area contributed by atoms with E-state index in [1.165, 1.54) is 24.3 Å². The van der Waals surface area contributed by atoms with Gasteiger partial charge in [-0.25, -0.2) is 8.42 Å². The van der Waals surface area contributed by atoms with Crippen LogP contribution < -0.4 is 5.32 Å². The molecule has 6 nitrogen and oxygen atoms in total. The van der Waals surface area contributed by atoms with E-state index in [-0.39, 0.29) is 17.5 Å². The Kier molecular flexibility index (Phi) is 10.1. The van der Waals surface area contributed by atoms with Crippen molar-refractivity contribution in [3.63, 3.8) is 0 Å². The summed E-state index contributed by atoms with van der Waals surface area (Å²) >= 11 is 18.3. The smallest absolute Gasteiger partial charge is 0.243 e. The highest BCUT2D eigenvalue weighted by Gasteiger charge is 2.28. The van der Waals surface area contributed by atoms with Gasteiger partial charge in [0.2, 0.25) is 15.9 Å². The van der Waals surface area contributed by atoms with Gasteiger partial charge in [0.25, 0.3) is 0 Å². The molecule has 0 heterocycles. The topological polar surface area (TPSA) is 75.7 Å². The molecule has 0 unspecified atom stereocenters. The lowest BCUT2D eigenvalue weighted by Crippen LogP contribution is -2.40. The van der Waals surface area contributed by atoms with Crippen molar-refractivity contribution in [3.05, 3.63) is 63.1 Å². The van der Waals surface area contributed by atoms with E-state index in [9.17, 15) is 13.2 Å². The fraction of sp³-hybridized carbons (Fsp3) is 0.381. The summed E-state index contributed by atoms with van der Waals surface area (Å²) in [5.41, 5.74) is 0.418. The largest absolute Gasteiger partial charge is 0.379 e. The van der Waals surface area contributed by atoms with Gasteiger partial charge in [0.1, 0.15) is 0 Å². The summed E-state index contributed by atoms with van der Waals surface area (Å²) in [5, 5.41) is 3.76. The van der Waals surface area contributed by atoms with Gasteiger partial charge in [-0.05, 0) is 56.7 Å². The van der Waals surface area contributed by atoms with Gasteiger partial charge in [0, 0.05) is 40.3 Å². The molecule has 10 heteroatoms. The summed E-state index contributed by atoms with van der Waals surface area (Å²) in [6.07, 6.45) is 0.723. The number of hydrogen-bond donors (Lipinski definition) is 1. The number of nitrogens with one attached hydrogen (secondary N) is 1. The van der Waals surface area contributed by atoms with Crippen molar-refractivity contribution in [3.8, 4) is 0 Å². The van der Waals surface area contributed by atoms with Crippen molar-refractivity contribution >= 4 is 50.7 Å². The highest BCUT2D eigenvalue weighted by Crippen LogP contribution is 2.28. The number of halogens is 3. The third kappa shape index (κ3) is 7.93. The first-order valence-corrected chi connectivity index (χ1v) is 12.3. The third-order valence-corrected chi connectivity index (χ3v) is 7.03. The number of carbonyl (C=O) groups excluding carboxylic acids is 1. The van der Waals surface area contributed by atoms with Crippen molar-refractivity contribution in [2.75, 3.05) is 19.7 Å². The zero-order chi connectivity index (χ0) is 23.0. The molecule has 0 aliphatic rings. The second kappa shape index (κ2) is 12.0. The maximum absolute atomic E-state index is 13.3. The average Bonchev–Trinajstić information content (AvgIpc) is 2.69. The molecule has 1 amide bonds. The average molecular weight is 508 g/mol. The minimum atomic E-state index is -4.02. The summed E-state index contributed by atoms with van der Waals surface area (Å²) in [6, 6.07) is 10.6. The molecule has 2 aromatic rings. The Morgan fingerprint density at radius 3 is 2.26 bits per heavy atom. The lowest BCUT2D eigenvalue weighted by atomic mass is 10.2. The van der Waals surface area contributed by atoms with Gasteiger partial charge in [0.15, 0.2) is 0 Å². The molecule has 0 aliphatic heterocycles. The van der Waals surface area contributed by atoms with E-state index in [4.69, 9.17) is 39.5 Å². The molecule has 0 spiro atoms. The van der Waals surface area contributed by atoms with Gasteiger partial charge in [-0.3, -0.25) is 4.79 Å². The van der Waals surface area contributed by atoms with Gasteiger partial charge in [-0.15, -0.1) is 0 Å². The maximum Gasteiger partial charge on any atom is 0.243 e. The Balaban J connectivity index is 2.20. The Labute approximate surface area is 198 Å². The fourth-order valence-electron chi connectivity index (χ4n) is 2.68. The molecule has 2 rings (SSSR count).